The summed E-state index contributed by atoms with van der Waals surface area (Å²) in [6.45, 7) is 3.22. The first-order valence-electron chi connectivity index (χ1n) is 8.93. The fraction of sp³-hybridized carbons (Fsp3) is 0.368. The Labute approximate surface area is 169 Å². The van der Waals surface area contributed by atoms with Crippen molar-refractivity contribution in [2.75, 3.05) is 11.9 Å². The Balaban J connectivity index is 1.79. The molecule has 11 heteroatoms. The van der Waals surface area contributed by atoms with Crippen molar-refractivity contribution < 1.29 is 27.8 Å². The molecule has 30 heavy (non-hydrogen) atoms. The van der Waals surface area contributed by atoms with Gasteiger partial charge in [0.25, 0.3) is 5.91 Å². The summed E-state index contributed by atoms with van der Waals surface area (Å²) in [4.78, 5) is 20.3. The molecule has 8 nitrogen and oxygen atoms in total. The van der Waals surface area contributed by atoms with E-state index >= 15 is 0 Å². The molecule has 0 aliphatic rings. The van der Waals surface area contributed by atoms with Gasteiger partial charge in [-0.15, -0.1) is 0 Å². The largest absolute Gasteiger partial charge is 0.482 e. The van der Waals surface area contributed by atoms with Crippen molar-refractivity contribution in [3.63, 3.8) is 0 Å². The SMILES string of the molecule is Cc1cc(Cn2cc3c(NC(=O)C(C)(C)O)nccc3n2)ncc1OCC(F)(F)F. The zero-order valence-electron chi connectivity index (χ0n) is 16.5. The molecule has 0 aliphatic heterocycles. The number of hydrogen-bond acceptors (Lipinski definition) is 6. The molecule has 0 unspecified atom stereocenters. The van der Waals surface area contributed by atoms with Gasteiger partial charge in [0.1, 0.15) is 17.2 Å². The highest BCUT2D eigenvalue weighted by Gasteiger charge is 2.29. The lowest BCUT2D eigenvalue weighted by molar-refractivity contribution is -0.153. The van der Waals surface area contributed by atoms with Gasteiger partial charge in [0, 0.05) is 12.4 Å². The first kappa shape index (κ1) is 21.5. The number of aryl methyl sites for hydroxylation is 1. The molecule has 3 rings (SSSR count). The second kappa shape index (κ2) is 7.90. The van der Waals surface area contributed by atoms with Crippen molar-refractivity contribution in [2.24, 2.45) is 0 Å². The Kier molecular flexibility index (Phi) is 5.66. The number of aromatic nitrogens is 4. The summed E-state index contributed by atoms with van der Waals surface area (Å²) >= 11 is 0. The van der Waals surface area contributed by atoms with Crippen LogP contribution in [0, 0.1) is 6.92 Å². The van der Waals surface area contributed by atoms with Crippen LogP contribution < -0.4 is 10.1 Å². The van der Waals surface area contributed by atoms with Gasteiger partial charge in [0.2, 0.25) is 0 Å². The van der Waals surface area contributed by atoms with Crippen molar-refractivity contribution in [1.82, 2.24) is 19.7 Å². The van der Waals surface area contributed by atoms with Crippen LogP contribution in [-0.4, -0.2) is 49.1 Å². The highest BCUT2D eigenvalue weighted by atomic mass is 19.4. The van der Waals surface area contributed by atoms with E-state index in [4.69, 9.17) is 4.74 Å². The molecule has 0 saturated heterocycles. The lowest BCUT2D eigenvalue weighted by atomic mass is 10.1. The van der Waals surface area contributed by atoms with E-state index in [1.54, 1.807) is 29.9 Å². The molecule has 3 aromatic heterocycles. The molecule has 0 spiro atoms. The number of anilines is 1. The van der Waals surface area contributed by atoms with Crippen LogP contribution in [0.5, 0.6) is 5.75 Å². The number of aliphatic hydroxyl groups is 1. The maximum atomic E-state index is 12.3. The molecule has 3 heterocycles. The van der Waals surface area contributed by atoms with Gasteiger partial charge in [0.15, 0.2) is 6.61 Å². The molecule has 3 aromatic rings. The maximum Gasteiger partial charge on any atom is 0.422 e. The first-order valence-corrected chi connectivity index (χ1v) is 8.93. The molecule has 0 saturated carbocycles. The highest BCUT2D eigenvalue weighted by molar-refractivity contribution is 6.02. The van der Waals surface area contributed by atoms with Crippen LogP contribution in [0.2, 0.25) is 0 Å². The van der Waals surface area contributed by atoms with Gasteiger partial charge in [-0.1, -0.05) is 0 Å². The topological polar surface area (TPSA) is 102 Å². The molecule has 0 atom stereocenters. The number of hydrogen-bond donors (Lipinski definition) is 2. The van der Waals surface area contributed by atoms with E-state index < -0.39 is 24.3 Å². The lowest BCUT2D eigenvalue weighted by Gasteiger charge is -2.16. The number of nitrogens with one attached hydrogen (secondary N) is 1. The van der Waals surface area contributed by atoms with Crippen molar-refractivity contribution in [3.05, 3.63) is 42.0 Å². The minimum absolute atomic E-state index is 0.0579. The number of carbonyl (C=O) groups excluding carboxylic acids is 1. The summed E-state index contributed by atoms with van der Waals surface area (Å²) in [5, 5.41) is 17.3. The minimum atomic E-state index is -4.42. The molecule has 160 valence electrons. The second-order valence-corrected chi connectivity index (χ2v) is 7.28. The smallest absolute Gasteiger partial charge is 0.422 e. The number of halogens is 3. The van der Waals surface area contributed by atoms with Crippen molar-refractivity contribution in [3.8, 4) is 5.75 Å². The summed E-state index contributed by atoms with van der Waals surface area (Å²) in [5.74, 6) is -0.296. The van der Waals surface area contributed by atoms with Crippen LogP contribution in [0.4, 0.5) is 19.0 Å². The highest BCUT2D eigenvalue weighted by Crippen LogP contribution is 2.23. The first-order chi connectivity index (χ1) is 13.9. The van der Waals surface area contributed by atoms with Crippen molar-refractivity contribution >= 4 is 22.6 Å². The average molecular weight is 423 g/mol. The van der Waals surface area contributed by atoms with Gasteiger partial charge in [-0.25, -0.2) is 4.98 Å². The summed E-state index contributed by atoms with van der Waals surface area (Å²) in [6, 6.07) is 3.28. The standard InChI is InChI=1S/C19H20F3N5O3/c1-11-6-12(24-7-15(11)30-10-19(20,21)22)8-27-9-13-14(26-27)4-5-23-16(13)25-17(28)18(2,3)29/h4-7,9,29H,8,10H2,1-3H3,(H,23,25,28). The number of amides is 1. The molecule has 0 radical (unpaired) electrons. The lowest BCUT2D eigenvalue weighted by Crippen LogP contribution is -2.36. The number of nitrogens with zero attached hydrogens (tertiary/aromatic N) is 4. The summed E-state index contributed by atoms with van der Waals surface area (Å²) in [6.07, 6.45) is -0.0366. The van der Waals surface area contributed by atoms with E-state index in [-0.39, 0.29) is 18.1 Å². The fourth-order valence-electron chi connectivity index (χ4n) is 2.60. The van der Waals surface area contributed by atoms with Gasteiger partial charge in [-0.2, -0.15) is 18.3 Å². The number of alkyl halides is 3. The predicted octanol–water partition coefficient (Wildman–Crippen LogP) is 2.83. The van der Waals surface area contributed by atoms with E-state index in [2.05, 4.69) is 20.4 Å². The number of ether oxygens (including phenoxy) is 1. The van der Waals surface area contributed by atoms with Crippen LogP contribution in [0.1, 0.15) is 25.1 Å². The third-order valence-electron chi connectivity index (χ3n) is 4.10. The van der Waals surface area contributed by atoms with Crippen LogP contribution in [0.3, 0.4) is 0 Å². The van der Waals surface area contributed by atoms with Crippen molar-refractivity contribution in [1.29, 1.82) is 0 Å². The Morgan fingerprint density at radius 2 is 2.03 bits per heavy atom. The van der Waals surface area contributed by atoms with Crippen LogP contribution in [0.15, 0.2) is 30.7 Å². The third kappa shape index (κ3) is 5.23. The van der Waals surface area contributed by atoms with Gasteiger partial charge in [-0.05, 0) is 38.5 Å². The Morgan fingerprint density at radius 3 is 2.67 bits per heavy atom. The fourth-order valence-corrected chi connectivity index (χ4v) is 2.60. The van der Waals surface area contributed by atoms with E-state index in [1.807, 2.05) is 0 Å². The van der Waals surface area contributed by atoms with Crippen LogP contribution >= 0.6 is 0 Å². The average Bonchev–Trinajstić information content (AvgIpc) is 3.03. The van der Waals surface area contributed by atoms with E-state index in [0.717, 1.165) is 0 Å². The Hall–Kier alpha value is -3.21. The van der Waals surface area contributed by atoms with E-state index in [1.165, 1.54) is 26.2 Å². The second-order valence-electron chi connectivity index (χ2n) is 7.28. The Morgan fingerprint density at radius 1 is 1.30 bits per heavy atom. The molecule has 0 aliphatic carbocycles. The number of carbonyl (C=O) groups is 1. The molecular formula is C19H20F3N5O3. The van der Waals surface area contributed by atoms with E-state index in [0.29, 0.717) is 22.2 Å². The summed E-state index contributed by atoms with van der Waals surface area (Å²) in [7, 11) is 0. The summed E-state index contributed by atoms with van der Waals surface area (Å²) < 4.78 is 43.3. The monoisotopic (exact) mass is 423 g/mol. The summed E-state index contributed by atoms with van der Waals surface area (Å²) in [5.41, 5.74) is 0.0744. The van der Waals surface area contributed by atoms with Gasteiger partial charge < -0.3 is 15.2 Å². The molecule has 0 aromatic carbocycles. The number of fused-ring (bicyclic) bond motifs is 1. The van der Waals surface area contributed by atoms with Crippen LogP contribution in [0.25, 0.3) is 10.9 Å². The third-order valence-corrected chi connectivity index (χ3v) is 4.10. The van der Waals surface area contributed by atoms with Gasteiger partial charge >= 0.3 is 6.18 Å². The molecule has 0 bridgehead atoms. The van der Waals surface area contributed by atoms with E-state index in [9.17, 15) is 23.1 Å². The molecule has 0 fully saturated rings. The number of pyridine rings is 2. The van der Waals surface area contributed by atoms with Crippen molar-refractivity contribution in [2.45, 2.75) is 39.1 Å². The van der Waals surface area contributed by atoms with Crippen LogP contribution in [-0.2, 0) is 11.3 Å². The predicted molar refractivity (Wildman–Crippen MR) is 102 cm³/mol. The number of rotatable bonds is 6. The molecular weight excluding hydrogens is 403 g/mol. The zero-order valence-corrected chi connectivity index (χ0v) is 16.5. The quantitative estimate of drug-likeness (QED) is 0.632. The maximum absolute atomic E-state index is 12.3. The minimum Gasteiger partial charge on any atom is -0.482 e. The normalized spacial score (nSPS) is 12.2. The zero-order chi connectivity index (χ0) is 22.1. The molecule has 2 N–H and O–H groups in total. The molecule has 1 amide bonds. The Bertz CT molecular complexity index is 1070. The van der Waals surface area contributed by atoms with Gasteiger partial charge in [0.05, 0.1) is 29.3 Å². The van der Waals surface area contributed by atoms with Gasteiger partial charge in [-0.3, -0.25) is 14.5 Å².